The van der Waals surface area contributed by atoms with Crippen LogP contribution < -0.4 is 0 Å². The van der Waals surface area contributed by atoms with Crippen molar-refractivity contribution in [3.05, 3.63) is 24.2 Å². The number of carboxylic acid groups (broad SMARTS) is 2. The number of halogens is 6. The highest BCUT2D eigenvalue weighted by Crippen LogP contribution is 2.31. The van der Waals surface area contributed by atoms with Crippen molar-refractivity contribution in [2.24, 2.45) is 5.92 Å². The average Bonchev–Trinajstić information content (AvgIpc) is 3.19. The van der Waals surface area contributed by atoms with Gasteiger partial charge in [0, 0.05) is 37.8 Å². The molecule has 2 aliphatic rings. The smallest absolute Gasteiger partial charge is 0.475 e. The number of fused-ring (bicyclic) bond motifs is 1. The highest BCUT2D eigenvalue weighted by molar-refractivity contribution is 5.73. The van der Waals surface area contributed by atoms with E-state index in [1.165, 1.54) is 18.4 Å². The molecule has 33 heavy (non-hydrogen) atoms. The summed E-state index contributed by atoms with van der Waals surface area (Å²) in [5.74, 6) is -4.83. The van der Waals surface area contributed by atoms with Crippen molar-refractivity contribution >= 4 is 11.9 Å². The first kappa shape index (κ1) is 28.7. The summed E-state index contributed by atoms with van der Waals surface area (Å²) >= 11 is 0. The van der Waals surface area contributed by atoms with Crippen molar-refractivity contribution in [2.75, 3.05) is 33.8 Å². The van der Waals surface area contributed by atoms with E-state index < -0.39 is 24.3 Å². The van der Waals surface area contributed by atoms with Gasteiger partial charge >= 0.3 is 24.3 Å². The van der Waals surface area contributed by atoms with E-state index in [0.29, 0.717) is 18.1 Å². The fourth-order valence-corrected chi connectivity index (χ4v) is 3.49. The molecule has 0 unspecified atom stereocenters. The molecule has 0 saturated carbocycles. The molecule has 0 spiro atoms. The molecule has 0 bridgehead atoms. The van der Waals surface area contributed by atoms with Gasteiger partial charge in [-0.3, -0.25) is 4.90 Å². The molecule has 0 radical (unpaired) electrons. The number of ether oxygens (including phenoxy) is 1. The predicted octanol–water partition coefficient (Wildman–Crippen LogP) is 3.09. The number of carbonyl (C=O) groups is 2. The third-order valence-corrected chi connectivity index (χ3v) is 4.95. The summed E-state index contributed by atoms with van der Waals surface area (Å²) in [6.07, 6.45) is -3.62. The van der Waals surface area contributed by atoms with Crippen LogP contribution in [0.4, 0.5) is 26.3 Å². The van der Waals surface area contributed by atoms with Crippen LogP contribution in [-0.4, -0.2) is 90.2 Å². The van der Waals surface area contributed by atoms with Crippen LogP contribution in [-0.2, 0) is 20.9 Å². The summed E-state index contributed by atoms with van der Waals surface area (Å²) in [6.45, 7) is 4.16. The third kappa shape index (κ3) is 10.0. The van der Waals surface area contributed by atoms with E-state index in [1.807, 2.05) is 6.26 Å². The van der Waals surface area contributed by atoms with Gasteiger partial charge in [0.2, 0.25) is 0 Å². The van der Waals surface area contributed by atoms with Crippen molar-refractivity contribution < 1.29 is 55.3 Å². The van der Waals surface area contributed by atoms with E-state index in [-0.39, 0.29) is 0 Å². The van der Waals surface area contributed by atoms with Gasteiger partial charge in [-0.2, -0.15) is 26.3 Å². The largest absolute Gasteiger partial charge is 0.490 e. The second-order valence-corrected chi connectivity index (χ2v) is 7.70. The molecule has 0 aromatic carbocycles. The second kappa shape index (κ2) is 12.2. The Morgan fingerprint density at radius 1 is 1.09 bits per heavy atom. The van der Waals surface area contributed by atoms with Gasteiger partial charge in [-0.25, -0.2) is 9.59 Å². The molecule has 14 heteroatoms. The van der Waals surface area contributed by atoms with Gasteiger partial charge < -0.3 is 24.3 Å². The Morgan fingerprint density at radius 3 is 2.06 bits per heavy atom. The van der Waals surface area contributed by atoms with Crippen molar-refractivity contribution in [3.63, 3.8) is 0 Å². The van der Waals surface area contributed by atoms with E-state index in [4.69, 9.17) is 29.0 Å². The molecule has 2 aliphatic heterocycles. The van der Waals surface area contributed by atoms with Crippen LogP contribution in [0.5, 0.6) is 0 Å². The van der Waals surface area contributed by atoms with Crippen molar-refractivity contribution in [1.29, 1.82) is 0 Å². The van der Waals surface area contributed by atoms with Crippen LogP contribution in [0.15, 0.2) is 23.0 Å². The summed E-state index contributed by atoms with van der Waals surface area (Å²) < 4.78 is 74.7. The van der Waals surface area contributed by atoms with Gasteiger partial charge in [0.25, 0.3) is 0 Å². The highest BCUT2D eigenvalue weighted by atomic mass is 19.4. The molecule has 0 aliphatic carbocycles. The average molecular weight is 492 g/mol. The first-order valence-corrected chi connectivity index (χ1v) is 9.74. The molecule has 0 amide bonds. The lowest BCUT2D eigenvalue weighted by Gasteiger charge is -2.48. The van der Waals surface area contributed by atoms with Crippen LogP contribution in [0.1, 0.15) is 18.4 Å². The Balaban J connectivity index is 0.000000324. The highest BCUT2D eigenvalue weighted by Gasteiger charge is 2.40. The number of hydrogen-bond donors (Lipinski definition) is 2. The first-order valence-electron chi connectivity index (χ1n) is 9.74. The van der Waals surface area contributed by atoms with Gasteiger partial charge in [-0.15, -0.1) is 0 Å². The number of aliphatic carboxylic acids is 2. The molecule has 1 aromatic heterocycles. The normalized spacial score (nSPS) is 23.5. The zero-order valence-corrected chi connectivity index (χ0v) is 17.9. The number of likely N-dealkylation sites (tertiary alicyclic amines) is 1. The summed E-state index contributed by atoms with van der Waals surface area (Å²) in [5.41, 5.74) is 1.27. The lowest BCUT2D eigenvalue weighted by molar-refractivity contribution is -0.193. The number of rotatable bonds is 3. The summed E-state index contributed by atoms with van der Waals surface area (Å²) in [4.78, 5) is 22.7. The Kier molecular flexibility index (Phi) is 10.6. The molecule has 3 heterocycles. The molecule has 8 nitrogen and oxygen atoms in total. The second-order valence-electron chi connectivity index (χ2n) is 7.70. The van der Waals surface area contributed by atoms with Crippen LogP contribution in [0, 0.1) is 5.92 Å². The Hall–Kier alpha value is -2.32. The van der Waals surface area contributed by atoms with E-state index >= 15 is 0 Å². The van der Waals surface area contributed by atoms with Crippen molar-refractivity contribution in [2.45, 2.75) is 43.9 Å². The molecular weight excluding hydrogens is 466 g/mol. The van der Waals surface area contributed by atoms with Gasteiger partial charge in [-0.05, 0) is 38.9 Å². The molecule has 2 saturated heterocycles. The summed E-state index contributed by atoms with van der Waals surface area (Å²) in [7, 11) is 4.34. The predicted molar refractivity (Wildman–Crippen MR) is 101 cm³/mol. The topological polar surface area (TPSA) is 103 Å². The number of nitrogens with zero attached hydrogens (tertiary/aromatic N) is 2. The van der Waals surface area contributed by atoms with Gasteiger partial charge in [0.15, 0.2) is 0 Å². The van der Waals surface area contributed by atoms with Crippen molar-refractivity contribution in [3.8, 4) is 0 Å². The van der Waals surface area contributed by atoms with Crippen molar-refractivity contribution in [1.82, 2.24) is 9.80 Å². The first-order chi connectivity index (χ1) is 15.1. The van der Waals surface area contributed by atoms with Crippen LogP contribution in [0.2, 0.25) is 0 Å². The van der Waals surface area contributed by atoms with E-state index in [9.17, 15) is 26.3 Å². The summed E-state index contributed by atoms with van der Waals surface area (Å²) in [5, 5.41) is 14.2. The zero-order chi connectivity index (χ0) is 25.4. The third-order valence-electron chi connectivity index (χ3n) is 4.95. The minimum Gasteiger partial charge on any atom is -0.475 e. The standard InChI is InChI=1S/C15H24N2O2.2C2HF3O2/c1-16(2)14-10-17(8-12-5-7-18-11-12)9-13-4-3-6-19-15(13)14;2*3-2(4,5)1(6)7/h5,7,11,13-15H,3-4,6,8-10H2,1-2H3;2*(H,6,7)/t13-,14+,15-;;/m0../s1. The fraction of sp³-hybridized carbons (Fsp3) is 0.684. The molecule has 3 atom stereocenters. The SMILES string of the molecule is CN(C)[C@@H]1CN(Cc2ccoc2)C[C@@H]2CCCO[C@@H]21.O=C(O)C(F)(F)F.O=C(O)C(F)(F)F. The maximum atomic E-state index is 10.6. The minimum atomic E-state index is -5.08. The number of furan rings is 1. The molecule has 190 valence electrons. The number of alkyl halides is 6. The quantitative estimate of drug-likeness (QED) is 0.621. The van der Waals surface area contributed by atoms with E-state index in [1.54, 1.807) is 6.26 Å². The van der Waals surface area contributed by atoms with Crippen LogP contribution in [0.25, 0.3) is 0 Å². The van der Waals surface area contributed by atoms with Gasteiger partial charge in [-0.1, -0.05) is 0 Å². The minimum absolute atomic E-state index is 0.421. The van der Waals surface area contributed by atoms with Crippen LogP contribution >= 0.6 is 0 Å². The number of piperidine rings is 1. The van der Waals surface area contributed by atoms with E-state index in [0.717, 1.165) is 26.2 Å². The molecular formula is C19H26F6N2O6. The van der Waals surface area contributed by atoms with Gasteiger partial charge in [0.1, 0.15) is 0 Å². The lowest BCUT2D eigenvalue weighted by atomic mass is 9.85. The van der Waals surface area contributed by atoms with Gasteiger partial charge in [0.05, 0.1) is 18.6 Å². The number of carboxylic acids is 2. The Morgan fingerprint density at radius 2 is 1.64 bits per heavy atom. The number of hydrogen-bond acceptors (Lipinski definition) is 6. The Bertz CT molecular complexity index is 714. The molecule has 1 aromatic rings. The summed E-state index contributed by atoms with van der Waals surface area (Å²) in [6, 6.07) is 2.57. The lowest BCUT2D eigenvalue weighted by Crippen LogP contribution is -2.59. The van der Waals surface area contributed by atoms with E-state index in [2.05, 4.69) is 30.0 Å². The zero-order valence-electron chi connectivity index (χ0n) is 17.9. The number of likely N-dealkylation sites (N-methyl/N-ethyl adjacent to an activating group) is 1. The maximum Gasteiger partial charge on any atom is 0.490 e. The maximum absolute atomic E-state index is 10.6. The molecule has 3 rings (SSSR count). The fourth-order valence-electron chi connectivity index (χ4n) is 3.49. The molecule has 2 N–H and O–H groups in total. The monoisotopic (exact) mass is 492 g/mol. The van der Waals surface area contributed by atoms with Crippen LogP contribution in [0.3, 0.4) is 0 Å². The Labute approximate surface area is 185 Å². The molecule has 2 fully saturated rings.